The van der Waals surface area contributed by atoms with Crippen LogP contribution < -0.4 is 0 Å². The third-order valence-electron chi connectivity index (χ3n) is 5.60. The number of benzene rings is 3. The van der Waals surface area contributed by atoms with E-state index in [1.54, 1.807) is 6.08 Å². The zero-order valence-electron chi connectivity index (χ0n) is 17.2. The zero-order valence-corrected chi connectivity index (χ0v) is 17.2. The van der Waals surface area contributed by atoms with Crippen molar-refractivity contribution >= 4 is 0 Å². The predicted molar refractivity (Wildman–Crippen MR) is 120 cm³/mol. The minimum atomic E-state index is -0.755. The minimum absolute atomic E-state index is 0.00757. The lowest BCUT2D eigenvalue weighted by molar-refractivity contribution is -0.0399. The summed E-state index contributed by atoms with van der Waals surface area (Å²) in [6, 6.07) is 30.9. The first-order chi connectivity index (χ1) is 14.1. The summed E-state index contributed by atoms with van der Waals surface area (Å²) in [6.45, 7) is 8.23. The molecule has 0 bridgehead atoms. The number of aliphatic hydroxyl groups excluding tert-OH is 1. The maximum Gasteiger partial charge on any atom is 0.143 e. The smallest absolute Gasteiger partial charge is 0.143 e. The molecule has 0 saturated heterocycles. The first-order valence-electron chi connectivity index (χ1n) is 10.2. The average molecular weight is 387 g/mol. The normalized spacial score (nSPS) is 14.7. The van der Waals surface area contributed by atoms with Crippen LogP contribution in [0.3, 0.4) is 0 Å². The molecule has 3 atom stereocenters. The highest BCUT2D eigenvalue weighted by Gasteiger charge is 2.38. The molecule has 0 aliphatic carbocycles. The van der Waals surface area contributed by atoms with Crippen LogP contribution in [0.5, 0.6) is 0 Å². The lowest BCUT2D eigenvalue weighted by Gasteiger charge is -2.37. The van der Waals surface area contributed by atoms with Crippen molar-refractivity contribution in [2.24, 2.45) is 11.8 Å². The summed E-state index contributed by atoms with van der Waals surface area (Å²) in [5.74, 6) is -0.0355. The Morgan fingerprint density at radius 1 is 0.793 bits per heavy atom. The van der Waals surface area contributed by atoms with E-state index in [1.165, 1.54) is 0 Å². The molecule has 0 aliphatic heterocycles. The van der Waals surface area contributed by atoms with Gasteiger partial charge in [0.25, 0.3) is 0 Å². The molecule has 0 spiro atoms. The lowest BCUT2D eigenvalue weighted by atomic mass is 9.80. The van der Waals surface area contributed by atoms with Gasteiger partial charge in [0, 0.05) is 11.8 Å². The Balaban J connectivity index is 2.09. The molecule has 0 unspecified atom stereocenters. The summed E-state index contributed by atoms with van der Waals surface area (Å²) < 4.78 is 6.77. The van der Waals surface area contributed by atoms with Crippen LogP contribution in [0.2, 0.25) is 0 Å². The van der Waals surface area contributed by atoms with E-state index in [-0.39, 0.29) is 11.8 Å². The van der Waals surface area contributed by atoms with Gasteiger partial charge in [-0.1, -0.05) is 111 Å². The molecule has 2 nitrogen and oxygen atoms in total. The van der Waals surface area contributed by atoms with Gasteiger partial charge in [0.1, 0.15) is 5.60 Å². The fourth-order valence-corrected chi connectivity index (χ4v) is 3.78. The van der Waals surface area contributed by atoms with E-state index in [1.807, 2.05) is 68.4 Å². The maximum atomic E-state index is 10.6. The van der Waals surface area contributed by atoms with E-state index in [9.17, 15) is 5.11 Å². The van der Waals surface area contributed by atoms with Crippen LogP contribution in [-0.4, -0.2) is 17.8 Å². The van der Waals surface area contributed by atoms with Gasteiger partial charge >= 0.3 is 0 Å². The Morgan fingerprint density at radius 3 is 1.52 bits per heavy atom. The summed E-state index contributed by atoms with van der Waals surface area (Å²) in [5.41, 5.74) is 2.44. The molecule has 0 fully saturated rings. The molecule has 0 saturated carbocycles. The first kappa shape index (κ1) is 21.0. The standard InChI is InChI=1S/C27H30O2/c1-4-21(2)26(28)22(3)20-29-27(23-14-8-5-9-15-23,24-16-10-6-11-17-24)25-18-12-7-13-19-25/h4-19,21-22,26,28H,1,20H2,2-3H3/t21-,22-,26+/m1/s1. The average Bonchev–Trinajstić information content (AvgIpc) is 2.80. The quantitative estimate of drug-likeness (QED) is 0.371. The largest absolute Gasteiger partial charge is 0.392 e. The number of ether oxygens (including phenoxy) is 1. The van der Waals surface area contributed by atoms with Crippen molar-refractivity contribution in [2.45, 2.75) is 25.6 Å². The SMILES string of the molecule is C=C[C@@H](C)[C@H](O)[C@H](C)COC(c1ccccc1)(c1ccccc1)c1ccccc1. The number of hydrogen-bond acceptors (Lipinski definition) is 2. The number of aliphatic hydroxyl groups is 1. The van der Waals surface area contributed by atoms with Crippen molar-refractivity contribution < 1.29 is 9.84 Å². The molecule has 2 heteroatoms. The number of hydrogen-bond donors (Lipinski definition) is 1. The fraction of sp³-hybridized carbons (Fsp3) is 0.259. The Labute approximate surface area is 174 Å². The van der Waals surface area contributed by atoms with Gasteiger partial charge in [0.2, 0.25) is 0 Å². The molecule has 3 rings (SSSR count). The van der Waals surface area contributed by atoms with Crippen molar-refractivity contribution in [3.8, 4) is 0 Å². The molecule has 3 aromatic rings. The molecule has 1 N–H and O–H groups in total. The molecular weight excluding hydrogens is 356 g/mol. The van der Waals surface area contributed by atoms with E-state index in [0.717, 1.165) is 16.7 Å². The van der Waals surface area contributed by atoms with Crippen LogP contribution in [0.1, 0.15) is 30.5 Å². The zero-order chi connectivity index (χ0) is 20.7. The Kier molecular flexibility index (Phi) is 7.03. The van der Waals surface area contributed by atoms with Gasteiger partial charge in [-0.2, -0.15) is 0 Å². The second-order valence-electron chi connectivity index (χ2n) is 7.65. The monoisotopic (exact) mass is 386 g/mol. The van der Waals surface area contributed by atoms with Crippen LogP contribution in [0, 0.1) is 11.8 Å². The highest BCUT2D eigenvalue weighted by Crippen LogP contribution is 2.41. The third kappa shape index (κ3) is 4.50. The highest BCUT2D eigenvalue weighted by molar-refractivity contribution is 5.47. The van der Waals surface area contributed by atoms with Gasteiger partial charge in [0.15, 0.2) is 0 Å². The Hall–Kier alpha value is -2.68. The van der Waals surface area contributed by atoms with Crippen LogP contribution in [0.15, 0.2) is 104 Å². The second kappa shape index (κ2) is 9.69. The fourth-order valence-electron chi connectivity index (χ4n) is 3.78. The minimum Gasteiger partial charge on any atom is -0.392 e. The summed E-state index contributed by atoms with van der Waals surface area (Å²) in [4.78, 5) is 0. The topological polar surface area (TPSA) is 29.5 Å². The van der Waals surface area contributed by atoms with Crippen molar-refractivity contribution in [3.63, 3.8) is 0 Å². The molecule has 0 aliphatic rings. The molecule has 0 heterocycles. The van der Waals surface area contributed by atoms with Gasteiger partial charge < -0.3 is 9.84 Å². The van der Waals surface area contributed by atoms with E-state index < -0.39 is 11.7 Å². The van der Waals surface area contributed by atoms with Crippen molar-refractivity contribution in [1.29, 1.82) is 0 Å². The van der Waals surface area contributed by atoms with Gasteiger partial charge in [-0.15, -0.1) is 6.58 Å². The molecule has 0 radical (unpaired) electrons. The highest BCUT2D eigenvalue weighted by atomic mass is 16.5. The van der Waals surface area contributed by atoms with Gasteiger partial charge in [-0.05, 0) is 16.7 Å². The van der Waals surface area contributed by atoms with E-state index in [2.05, 4.69) is 43.0 Å². The van der Waals surface area contributed by atoms with Crippen LogP contribution >= 0.6 is 0 Å². The van der Waals surface area contributed by atoms with Gasteiger partial charge in [0.05, 0.1) is 12.7 Å². The van der Waals surface area contributed by atoms with Crippen LogP contribution in [0.25, 0.3) is 0 Å². The van der Waals surface area contributed by atoms with Crippen molar-refractivity contribution in [3.05, 3.63) is 120 Å². The van der Waals surface area contributed by atoms with Crippen LogP contribution in [-0.2, 0) is 10.3 Å². The van der Waals surface area contributed by atoms with Gasteiger partial charge in [-0.3, -0.25) is 0 Å². The molecule has 0 aromatic heterocycles. The Bertz CT molecular complexity index is 778. The van der Waals surface area contributed by atoms with Crippen molar-refractivity contribution in [2.75, 3.05) is 6.61 Å². The molecule has 3 aromatic carbocycles. The predicted octanol–water partition coefficient (Wildman–Crippen LogP) is 5.81. The summed E-state index contributed by atoms with van der Waals surface area (Å²) in [7, 11) is 0. The second-order valence-corrected chi connectivity index (χ2v) is 7.65. The van der Waals surface area contributed by atoms with E-state index in [4.69, 9.17) is 4.74 Å². The molecule has 150 valence electrons. The number of rotatable bonds is 9. The lowest BCUT2D eigenvalue weighted by Crippen LogP contribution is -2.37. The van der Waals surface area contributed by atoms with Crippen LogP contribution in [0.4, 0.5) is 0 Å². The van der Waals surface area contributed by atoms with E-state index in [0.29, 0.717) is 6.61 Å². The Morgan fingerprint density at radius 2 is 1.17 bits per heavy atom. The summed E-state index contributed by atoms with van der Waals surface area (Å²) in [5, 5.41) is 10.6. The van der Waals surface area contributed by atoms with Crippen molar-refractivity contribution in [1.82, 2.24) is 0 Å². The van der Waals surface area contributed by atoms with E-state index >= 15 is 0 Å². The maximum absolute atomic E-state index is 10.6. The molecule has 0 amide bonds. The third-order valence-corrected chi connectivity index (χ3v) is 5.60. The molecule has 29 heavy (non-hydrogen) atoms. The van der Waals surface area contributed by atoms with Gasteiger partial charge in [-0.25, -0.2) is 0 Å². The summed E-state index contributed by atoms with van der Waals surface area (Å²) in [6.07, 6.45) is 1.28. The first-order valence-corrected chi connectivity index (χ1v) is 10.2. The molecular formula is C27H30O2. The summed E-state index contributed by atoms with van der Waals surface area (Å²) >= 11 is 0.